The van der Waals surface area contributed by atoms with Gasteiger partial charge in [0.05, 0.1) is 6.61 Å². The Bertz CT molecular complexity index is 370. The van der Waals surface area contributed by atoms with E-state index in [0.717, 1.165) is 38.3 Å². The van der Waals surface area contributed by atoms with Crippen molar-refractivity contribution in [3.05, 3.63) is 35.4 Å². The van der Waals surface area contributed by atoms with Crippen LogP contribution in [0.1, 0.15) is 22.3 Å². The highest BCUT2D eigenvalue weighted by atomic mass is 16.5. The molecule has 0 aromatic heterocycles. The zero-order chi connectivity index (χ0) is 12.1. The summed E-state index contributed by atoms with van der Waals surface area (Å²) in [6.07, 6.45) is 1.15. The van der Waals surface area contributed by atoms with E-state index >= 15 is 0 Å². The Kier molecular flexibility index (Phi) is 4.12. The molecular weight excluding hydrogens is 216 g/mol. The minimum absolute atomic E-state index is 0.382. The molecule has 92 valence electrons. The maximum atomic E-state index is 10.9. The molecule has 1 heterocycles. The summed E-state index contributed by atoms with van der Waals surface area (Å²) in [5, 5.41) is 3.40. The van der Waals surface area contributed by atoms with Crippen molar-refractivity contribution in [2.45, 2.75) is 13.0 Å². The summed E-state index contributed by atoms with van der Waals surface area (Å²) in [7, 11) is 0. The molecular formula is C13H18N2O2. The largest absolute Gasteiger partial charge is 0.381 e. The smallest absolute Gasteiger partial charge is 0.248 e. The van der Waals surface area contributed by atoms with Gasteiger partial charge in [-0.25, -0.2) is 0 Å². The lowest BCUT2D eigenvalue weighted by Crippen LogP contribution is -2.22. The Hall–Kier alpha value is -1.39. The lowest BCUT2D eigenvalue weighted by atomic mass is 10.1. The molecule has 0 aliphatic carbocycles. The standard InChI is InChI=1S/C13H18N2O2/c14-13(16)12-3-1-10(2-4-12)7-15-8-11-5-6-17-9-11/h1-4,11,15H,5-9H2,(H2,14,16). The number of ether oxygens (including phenoxy) is 1. The van der Waals surface area contributed by atoms with Crippen LogP contribution in [-0.4, -0.2) is 25.7 Å². The molecule has 0 radical (unpaired) electrons. The number of nitrogens with two attached hydrogens (primary N) is 1. The number of benzene rings is 1. The van der Waals surface area contributed by atoms with Crippen LogP contribution in [0.3, 0.4) is 0 Å². The van der Waals surface area contributed by atoms with Crippen molar-refractivity contribution in [1.29, 1.82) is 0 Å². The number of carbonyl (C=O) groups is 1. The van der Waals surface area contributed by atoms with E-state index < -0.39 is 0 Å². The molecule has 4 nitrogen and oxygen atoms in total. The van der Waals surface area contributed by atoms with Gasteiger partial charge in [0.2, 0.25) is 5.91 Å². The van der Waals surface area contributed by atoms with Crippen LogP contribution < -0.4 is 11.1 Å². The molecule has 0 saturated carbocycles. The van der Waals surface area contributed by atoms with Gasteiger partial charge in [0.15, 0.2) is 0 Å². The van der Waals surface area contributed by atoms with Gasteiger partial charge in [0.1, 0.15) is 0 Å². The summed E-state index contributed by atoms with van der Waals surface area (Å²) in [5.41, 5.74) is 6.89. The van der Waals surface area contributed by atoms with Gasteiger partial charge in [-0.1, -0.05) is 12.1 Å². The highest BCUT2D eigenvalue weighted by molar-refractivity contribution is 5.92. The van der Waals surface area contributed by atoms with Crippen LogP contribution in [0.4, 0.5) is 0 Å². The fourth-order valence-electron chi connectivity index (χ4n) is 1.95. The Balaban J connectivity index is 1.76. The van der Waals surface area contributed by atoms with Crippen molar-refractivity contribution in [2.75, 3.05) is 19.8 Å². The van der Waals surface area contributed by atoms with E-state index in [1.165, 1.54) is 0 Å². The molecule has 1 saturated heterocycles. The molecule has 1 atom stereocenters. The van der Waals surface area contributed by atoms with Gasteiger partial charge in [-0.15, -0.1) is 0 Å². The van der Waals surface area contributed by atoms with Gasteiger partial charge in [-0.05, 0) is 30.0 Å². The summed E-state index contributed by atoms with van der Waals surface area (Å²) >= 11 is 0. The van der Waals surface area contributed by atoms with Crippen molar-refractivity contribution in [3.8, 4) is 0 Å². The molecule has 17 heavy (non-hydrogen) atoms. The maximum Gasteiger partial charge on any atom is 0.248 e. The summed E-state index contributed by atoms with van der Waals surface area (Å²) in [4.78, 5) is 10.9. The second-order valence-corrected chi connectivity index (χ2v) is 4.42. The first-order valence-electron chi connectivity index (χ1n) is 5.93. The third-order valence-electron chi connectivity index (χ3n) is 3.02. The lowest BCUT2D eigenvalue weighted by molar-refractivity contribution is 0.100. The zero-order valence-electron chi connectivity index (χ0n) is 9.82. The van der Waals surface area contributed by atoms with Gasteiger partial charge in [0, 0.05) is 25.3 Å². The van der Waals surface area contributed by atoms with Crippen LogP contribution in [0.2, 0.25) is 0 Å². The van der Waals surface area contributed by atoms with Crippen LogP contribution in [-0.2, 0) is 11.3 Å². The van der Waals surface area contributed by atoms with Crippen molar-refractivity contribution in [3.63, 3.8) is 0 Å². The average molecular weight is 234 g/mol. The van der Waals surface area contributed by atoms with Gasteiger partial charge in [0.25, 0.3) is 0 Å². The number of hydrogen-bond donors (Lipinski definition) is 2. The molecule has 1 amide bonds. The molecule has 1 fully saturated rings. The Morgan fingerprint density at radius 2 is 2.18 bits per heavy atom. The first-order valence-corrected chi connectivity index (χ1v) is 5.93. The summed E-state index contributed by atoms with van der Waals surface area (Å²) in [6.45, 7) is 3.56. The first-order chi connectivity index (χ1) is 8.25. The Morgan fingerprint density at radius 1 is 1.41 bits per heavy atom. The monoisotopic (exact) mass is 234 g/mol. The third-order valence-corrected chi connectivity index (χ3v) is 3.02. The lowest BCUT2D eigenvalue weighted by Gasteiger charge is -2.09. The van der Waals surface area contributed by atoms with E-state index in [-0.39, 0.29) is 5.91 Å². The predicted molar refractivity (Wildman–Crippen MR) is 65.6 cm³/mol. The van der Waals surface area contributed by atoms with Crippen molar-refractivity contribution in [2.24, 2.45) is 11.7 Å². The molecule has 4 heteroatoms. The van der Waals surface area contributed by atoms with Crippen LogP contribution in [0.25, 0.3) is 0 Å². The summed E-state index contributed by atoms with van der Waals surface area (Å²) in [5.74, 6) is 0.257. The molecule has 1 aromatic carbocycles. The quantitative estimate of drug-likeness (QED) is 0.796. The molecule has 1 aliphatic heterocycles. The van der Waals surface area contributed by atoms with Crippen molar-refractivity contribution < 1.29 is 9.53 Å². The fraction of sp³-hybridized carbons (Fsp3) is 0.462. The second kappa shape index (κ2) is 5.80. The minimum Gasteiger partial charge on any atom is -0.381 e. The minimum atomic E-state index is -0.382. The van der Waals surface area contributed by atoms with Gasteiger partial charge >= 0.3 is 0 Å². The molecule has 0 bridgehead atoms. The number of rotatable bonds is 5. The predicted octanol–water partition coefficient (Wildman–Crippen LogP) is 0.912. The van der Waals surface area contributed by atoms with Crippen LogP contribution in [0, 0.1) is 5.92 Å². The molecule has 1 aliphatic rings. The highest BCUT2D eigenvalue weighted by Gasteiger charge is 2.14. The number of nitrogens with one attached hydrogen (secondary N) is 1. The van der Waals surface area contributed by atoms with E-state index in [4.69, 9.17) is 10.5 Å². The van der Waals surface area contributed by atoms with E-state index in [0.29, 0.717) is 11.5 Å². The Labute approximate surface area is 101 Å². The third kappa shape index (κ3) is 3.54. The van der Waals surface area contributed by atoms with E-state index in [1.807, 2.05) is 12.1 Å². The normalized spacial score (nSPS) is 19.4. The Morgan fingerprint density at radius 3 is 2.76 bits per heavy atom. The first kappa shape index (κ1) is 12.1. The average Bonchev–Trinajstić information content (AvgIpc) is 2.83. The van der Waals surface area contributed by atoms with E-state index in [9.17, 15) is 4.79 Å². The second-order valence-electron chi connectivity index (χ2n) is 4.42. The maximum absolute atomic E-state index is 10.9. The van der Waals surface area contributed by atoms with Crippen LogP contribution in [0.5, 0.6) is 0 Å². The highest BCUT2D eigenvalue weighted by Crippen LogP contribution is 2.11. The van der Waals surface area contributed by atoms with Crippen LogP contribution >= 0.6 is 0 Å². The number of primary amides is 1. The summed E-state index contributed by atoms with van der Waals surface area (Å²) < 4.78 is 5.31. The number of amides is 1. The van der Waals surface area contributed by atoms with E-state index in [1.54, 1.807) is 12.1 Å². The van der Waals surface area contributed by atoms with Crippen LogP contribution in [0.15, 0.2) is 24.3 Å². The zero-order valence-corrected chi connectivity index (χ0v) is 9.82. The molecule has 1 unspecified atom stereocenters. The molecule has 0 spiro atoms. The molecule has 3 N–H and O–H groups in total. The number of carbonyl (C=O) groups excluding carboxylic acids is 1. The SMILES string of the molecule is NC(=O)c1ccc(CNCC2CCOC2)cc1. The van der Waals surface area contributed by atoms with Crippen molar-refractivity contribution in [1.82, 2.24) is 5.32 Å². The molecule has 1 aromatic rings. The van der Waals surface area contributed by atoms with Gasteiger partial charge < -0.3 is 15.8 Å². The fourth-order valence-corrected chi connectivity index (χ4v) is 1.95. The van der Waals surface area contributed by atoms with Crippen molar-refractivity contribution >= 4 is 5.91 Å². The number of hydrogen-bond acceptors (Lipinski definition) is 3. The van der Waals surface area contributed by atoms with Gasteiger partial charge in [-0.3, -0.25) is 4.79 Å². The molecule has 2 rings (SSSR count). The van der Waals surface area contributed by atoms with E-state index in [2.05, 4.69) is 5.32 Å². The van der Waals surface area contributed by atoms with Gasteiger partial charge in [-0.2, -0.15) is 0 Å². The topological polar surface area (TPSA) is 64.4 Å². The summed E-state index contributed by atoms with van der Waals surface area (Å²) in [6, 6.07) is 7.38.